The highest BCUT2D eigenvalue weighted by atomic mass is 16.3. The summed E-state index contributed by atoms with van der Waals surface area (Å²) in [6.45, 7) is 4.71. The second-order valence-electron chi connectivity index (χ2n) is 16.9. The van der Waals surface area contributed by atoms with Gasteiger partial charge in [-0.1, -0.05) is 153 Å². The second-order valence-corrected chi connectivity index (χ2v) is 16.9. The van der Waals surface area contributed by atoms with Crippen molar-refractivity contribution in [1.82, 2.24) is 0 Å². The molecule has 0 fully saturated rings. The van der Waals surface area contributed by atoms with Gasteiger partial charge in [0.2, 0.25) is 0 Å². The first-order valence-electron chi connectivity index (χ1n) is 21.4. The molecular weight excluding hydrogens is 753 g/mol. The number of benzene rings is 10. The minimum absolute atomic E-state index is 0.135. The highest BCUT2D eigenvalue weighted by molar-refractivity contribution is 6.30. The van der Waals surface area contributed by atoms with Gasteiger partial charge < -0.3 is 14.2 Å². The summed E-state index contributed by atoms with van der Waals surface area (Å²) in [5.41, 5.74) is 16.0. The summed E-state index contributed by atoms with van der Waals surface area (Å²) in [4.78, 5) is 4.72. The molecule has 0 radical (unpaired) electrons. The van der Waals surface area contributed by atoms with Crippen molar-refractivity contribution < 1.29 is 4.42 Å². The van der Waals surface area contributed by atoms with Gasteiger partial charge in [-0.25, -0.2) is 0 Å². The van der Waals surface area contributed by atoms with Gasteiger partial charge in [-0.15, -0.1) is 0 Å². The van der Waals surface area contributed by atoms with E-state index in [1.807, 2.05) is 0 Å². The molecule has 0 unspecified atom stereocenters. The van der Waals surface area contributed by atoms with Crippen LogP contribution in [0.1, 0.15) is 25.0 Å². The molecule has 0 bridgehead atoms. The number of nitrogens with zero attached hydrogens (tertiary/aromatic N) is 2. The quantitative estimate of drug-likeness (QED) is 0.150. The minimum Gasteiger partial charge on any atom is -0.455 e. The predicted octanol–water partition coefficient (Wildman–Crippen LogP) is 16.8. The van der Waals surface area contributed by atoms with E-state index in [-0.39, 0.29) is 5.41 Å². The molecule has 0 aliphatic heterocycles. The van der Waals surface area contributed by atoms with Crippen LogP contribution in [0.4, 0.5) is 34.1 Å². The van der Waals surface area contributed by atoms with E-state index in [0.717, 1.165) is 72.6 Å². The summed E-state index contributed by atoms with van der Waals surface area (Å²) in [6.07, 6.45) is 0. The van der Waals surface area contributed by atoms with Crippen molar-refractivity contribution in [3.63, 3.8) is 0 Å². The number of hydrogen-bond donors (Lipinski definition) is 0. The van der Waals surface area contributed by atoms with Crippen molar-refractivity contribution in [2.45, 2.75) is 19.3 Å². The van der Waals surface area contributed by atoms with Gasteiger partial charge in [0.15, 0.2) is 0 Å². The molecule has 11 aromatic rings. The largest absolute Gasteiger partial charge is 0.455 e. The molecule has 294 valence electrons. The molecule has 3 nitrogen and oxygen atoms in total. The molecule has 1 aliphatic carbocycles. The van der Waals surface area contributed by atoms with Gasteiger partial charge in [0, 0.05) is 55.7 Å². The van der Waals surface area contributed by atoms with E-state index in [4.69, 9.17) is 4.42 Å². The normalized spacial score (nSPS) is 12.8. The fourth-order valence-electron chi connectivity index (χ4n) is 10.0. The van der Waals surface area contributed by atoms with Crippen molar-refractivity contribution in [2.75, 3.05) is 9.80 Å². The zero-order chi connectivity index (χ0) is 41.4. The molecule has 1 heterocycles. The maximum atomic E-state index is 6.65. The Labute approximate surface area is 361 Å². The second kappa shape index (κ2) is 14.1. The molecular formula is C59H42N2O. The Morgan fingerprint density at radius 1 is 0.339 bits per heavy atom. The smallest absolute Gasteiger partial charge is 0.143 e. The van der Waals surface area contributed by atoms with Gasteiger partial charge in [0.05, 0.1) is 0 Å². The standard InChI is InChI=1S/C59H42N2O/c1-59(2)54-23-13-11-20-49(54)50-36-34-46(38-55(50)59)61(45-33-35-48-47-19-9-10-21-51(47)58-57(53(48)37-45)52-22-12-14-24-56(52)62-58)44-31-27-40(28-32-44)39-25-29-43(30-26-39)60(41-15-5-3-6-16-41)42-17-7-4-8-18-42/h3-38H,1-2H3. The van der Waals surface area contributed by atoms with Crippen molar-refractivity contribution in [2.24, 2.45) is 0 Å². The van der Waals surface area contributed by atoms with E-state index < -0.39 is 0 Å². The zero-order valence-electron chi connectivity index (χ0n) is 34.6. The summed E-state index contributed by atoms with van der Waals surface area (Å²) in [6, 6.07) is 79.0. The average molecular weight is 795 g/mol. The summed E-state index contributed by atoms with van der Waals surface area (Å²) in [5, 5.41) is 6.99. The van der Waals surface area contributed by atoms with Gasteiger partial charge >= 0.3 is 0 Å². The Bertz CT molecular complexity index is 3440. The molecule has 1 aliphatic rings. The molecule has 1 aromatic heterocycles. The van der Waals surface area contributed by atoms with Crippen LogP contribution in [0.25, 0.3) is 65.7 Å². The Balaban J connectivity index is 0.996. The number of furan rings is 1. The lowest BCUT2D eigenvalue weighted by molar-refractivity contribution is 0.660. The van der Waals surface area contributed by atoms with Crippen LogP contribution in [0.3, 0.4) is 0 Å². The number of para-hydroxylation sites is 3. The van der Waals surface area contributed by atoms with Gasteiger partial charge in [0.25, 0.3) is 0 Å². The van der Waals surface area contributed by atoms with Gasteiger partial charge in [0.1, 0.15) is 11.2 Å². The van der Waals surface area contributed by atoms with Crippen LogP contribution in [0.2, 0.25) is 0 Å². The van der Waals surface area contributed by atoms with E-state index in [0.29, 0.717) is 0 Å². The van der Waals surface area contributed by atoms with Crippen LogP contribution >= 0.6 is 0 Å². The lowest BCUT2D eigenvalue weighted by atomic mass is 9.82. The maximum absolute atomic E-state index is 6.65. The Kier molecular flexibility index (Phi) is 8.20. The van der Waals surface area contributed by atoms with E-state index in [1.165, 1.54) is 38.4 Å². The first-order chi connectivity index (χ1) is 30.5. The van der Waals surface area contributed by atoms with Crippen molar-refractivity contribution in [1.29, 1.82) is 0 Å². The maximum Gasteiger partial charge on any atom is 0.143 e. The Morgan fingerprint density at radius 2 is 0.806 bits per heavy atom. The molecule has 0 N–H and O–H groups in total. The number of fused-ring (bicyclic) bond motifs is 11. The van der Waals surface area contributed by atoms with Crippen LogP contribution in [0.5, 0.6) is 0 Å². The monoisotopic (exact) mass is 794 g/mol. The van der Waals surface area contributed by atoms with Gasteiger partial charge in [-0.2, -0.15) is 0 Å². The topological polar surface area (TPSA) is 19.6 Å². The molecule has 0 saturated heterocycles. The predicted molar refractivity (Wildman–Crippen MR) is 261 cm³/mol. The van der Waals surface area contributed by atoms with Crippen LogP contribution < -0.4 is 9.80 Å². The average Bonchev–Trinajstić information content (AvgIpc) is 3.83. The Morgan fingerprint density at radius 3 is 1.48 bits per heavy atom. The van der Waals surface area contributed by atoms with Crippen LogP contribution in [-0.4, -0.2) is 0 Å². The lowest BCUT2D eigenvalue weighted by Crippen LogP contribution is -2.16. The third-order valence-electron chi connectivity index (χ3n) is 13.0. The number of hydrogen-bond acceptors (Lipinski definition) is 3. The van der Waals surface area contributed by atoms with Crippen molar-refractivity contribution >= 4 is 77.6 Å². The third-order valence-corrected chi connectivity index (χ3v) is 13.0. The summed E-state index contributed by atoms with van der Waals surface area (Å²) >= 11 is 0. The first kappa shape index (κ1) is 36.0. The van der Waals surface area contributed by atoms with Crippen LogP contribution in [-0.2, 0) is 5.41 Å². The lowest BCUT2D eigenvalue weighted by Gasteiger charge is -2.28. The summed E-state index contributed by atoms with van der Waals surface area (Å²) < 4.78 is 6.65. The van der Waals surface area contributed by atoms with E-state index in [2.05, 4.69) is 242 Å². The van der Waals surface area contributed by atoms with Crippen LogP contribution in [0.15, 0.2) is 223 Å². The highest BCUT2D eigenvalue weighted by Gasteiger charge is 2.36. The molecule has 10 aromatic carbocycles. The molecule has 62 heavy (non-hydrogen) atoms. The van der Waals surface area contributed by atoms with Crippen LogP contribution in [0, 0.1) is 0 Å². The van der Waals surface area contributed by atoms with Crippen molar-refractivity contribution in [3.05, 3.63) is 230 Å². The Hall–Kier alpha value is -7.88. The van der Waals surface area contributed by atoms with E-state index in [1.54, 1.807) is 0 Å². The molecule has 3 heteroatoms. The molecule has 12 rings (SSSR count). The third kappa shape index (κ3) is 5.66. The number of anilines is 6. The van der Waals surface area contributed by atoms with E-state index >= 15 is 0 Å². The molecule has 0 spiro atoms. The fraction of sp³-hybridized carbons (Fsp3) is 0.0508. The number of rotatable bonds is 7. The molecule has 0 saturated carbocycles. The zero-order valence-corrected chi connectivity index (χ0v) is 34.6. The summed E-state index contributed by atoms with van der Waals surface area (Å²) in [5.74, 6) is 0. The first-order valence-corrected chi connectivity index (χ1v) is 21.4. The van der Waals surface area contributed by atoms with E-state index in [9.17, 15) is 0 Å². The fourth-order valence-corrected chi connectivity index (χ4v) is 10.0. The molecule has 0 amide bonds. The van der Waals surface area contributed by atoms with Crippen molar-refractivity contribution in [3.8, 4) is 22.3 Å². The minimum atomic E-state index is -0.135. The molecule has 0 atom stereocenters. The summed E-state index contributed by atoms with van der Waals surface area (Å²) in [7, 11) is 0. The SMILES string of the molecule is CC1(C)c2ccccc2-c2ccc(N(c3ccc(-c4ccc(N(c5ccccc5)c5ccccc5)cc4)cc3)c3ccc4c5ccccc5c5oc6ccccc6c5c4c3)cc21. The highest BCUT2D eigenvalue weighted by Crippen LogP contribution is 2.51. The van der Waals surface area contributed by atoms with Gasteiger partial charge in [-0.3, -0.25) is 0 Å². The van der Waals surface area contributed by atoms with Gasteiger partial charge in [-0.05, 0) is 128 Å².